The number of nitrogens with zero attached hydrogens (tertiary/aromatic N) is 3. The highest BCUT2D eigenvalue weighted by Crippen LogP contribution is 2.21. The van der Waals surface area contributed by atoms with Crippen LogP contribution in [0.4, 0.5) is 0 Å². The molecule has 0 aromatic heterocycles. The van der Waals surface area contributed by atoms with E-state index in [-0.39, 0.29) is 6.61 Å². The van der Waals surface area contributed by atoms with Gasteiger partial charge in [0.15, 0.2) is 0 Å². The first-order valence-electron chi connectivity index (χ1n) is 8.02. The smallest absolute Gasteiger partial charge is 0.0558 e. The lowest BCUT2D eigenvalue weighted by molar-refractivity contribution is 0.0942. The number of piperidine rings is 1. The van der Waals surface area contributed by atoms with Crippen LogP contribution in [0.2, 0.25) is 0 Å². The monoisotopic (exact) mass is 269 g/mol. The number of rotatable bonds is 6. The third-order valence-corrected chi connectivity index (χ3v) is 5.01. The molecule has 0 aromatic carbocycles. The van der Waals surface area contributed by atoms with E-state index in [1.165, 1.54) is 58.4 Å². The molecular weight excluding hydrogens is 238 g/mol. The average Bonchev–Trinajstić information content (AvgIpc) is 2.87. The van der Waals surface area contributed by atoms with E-state index >= 15 is 0 Å². The Morgan fingerprint density at radius 3 is 2.53 bits per heavy atom. The molecule has 1 atom stereocenters. The molecule has 19 heavy (non-hydrogen) atoms. The van der Waals surface area contributed by atoms with Gasteiger partial charge in [0.25, 0.3) is 0 Å². The minimum atomic E-state index is 0.282. The zero-order chi connectivity index (χ0) is 13.7. The van der Waals surface area contributed by atoms with Crippen LogP contribution >= 0.6 is 0 Å². The molecule has 2 aliphatic heterocycles. The van der Waals surface area contributed by atoms with Gasteiger partial charge in [-0.1, -0.05) is 6.92 Å². The standard InChI is InChI=1S/C15H31N3O/c1-3-18-8-4-5-15(18)13-17-9-6-14(7-10-17)16(2)11-12-19/h14-15,19H,3-13H2,1-2H3. The van der Waals surface area contributed by atoms with Gasteiger partial charge < -0.3 is 14.9 Å². The van der Waals surface area contributed by atoms with Crippen LogP contribution in [0, 0.1) is 0 Å². The normalized spacial score (nSPS) is 27.5. The van der Waals surface area contributed by atoms with Crippen LogP contribution in [0.5, 0.6) is 0 Å². The number of likely N-dealkylation sites (tertiary alicyclic amines) is 2. The molecular formula is C15H31N3O. The summed E-state index contributed by atoms with van der Waals surface area (Å²) in [5.41, 5.74) is 0. The van der Waals surface area contributed by atoms with E-state index in [2.05, 4.69) is 28.7 Å². The molecule has 2 fully saturated rings. The second kappa shape index (κ2) is 7.58. The Kier molecular flexibility index (Phi) is 6.07. The lowest BCUT2D eigenvalue weighted by Gasteiger charge is -2.38. The lowest BCUT2D eigenvalue weighted by atomic mass is 10.0. The fourth-order valence-electron chi connectivity index (χ4n) is 3.70. The number of hydrogen-bond acceptors (Lipinski definition) is 4. The molecule has 4 nitrogen and oxygen atoms in total. The predicted molar refractivity (Wildman–Crippen MR) is 79.4 cm³/mol. The third kappa shape index (κ3) is 4.15. The molecule has 2 heterocycles. The van der Waals surface area contributed by atoms with Crippen LogP contribution in [0.25, 0.3) is 0 Å². The average molecular weight is 269 g/mol. The van der Waals surface area contributed by atoms with Crippen molar-refractivity contribution in [1.82, 2.24) is 14.7 Å². The van der Waals surface area contributed by atoms with Crippen molar-refractivity contribution in [2.75, 3.05) is 52.9 Å². The number of aliphatic hydroxyl groups excluding tert-OH is 1. The van der Waals surface area contributed by atoms with E-state index < -0.39 is 0 Å². The van der Waals surface area contributed by atoms with Gasteiger partial charge in [-0.05, 0) is 58.9 Å². The Bertz CT molecular complexity index is 254. The molecule has 0 saturated carbocycles. The number of aliphatic hydroxyl groups is 1. The fraction of sp³-hybridized carbons (Fsp3) is 1.00. The Labute approximate surface area is 118 Å². The largest absolute Gasteiger partial charge is 0.395 e. The summed E-state index contributed by atoms with van der Waals surface area (Å²) in [5.74, 6) is 0. The lowest BCUT2D eigenvalue weighted by Crippen LogP contribution is -2.48. The van der Waals surface area contributed by atoms with Crippen molar-refractivity contribution >= 4 is 0 Å². The highest BCUT2D eigenvalue weighted by molar-refractivity contribution is 4.85. The molecule has 0 radical (unpaired) electrons. The van der Waals surface area contributed by atoms with Crippen LogP contribution in [-0.2, 0) is 0 Å². The third-order valence-electron chi connectivity index (χ3n) is 5.01. The maximum absolute atomic E-state index is 9.01. The SMILES string of the molecule is CCN1CCCC1CN1CCC(N(C)CCO)CC1. The Morgan fingerprint density at radius 2 is 1.89 bits per heavy atom. The summed E-state index contributed by atoms with van der Waals surface area (Å²) in [6.07, 6.45) is 5.29. The van der Waals surface area contributed by atoms with Gasteiger partial charge in [-0.3, -0.25) is 4.90 Å². The molecule has 4 heteroatoms. The molecule has 0 bridgehead atoms. The first-order valence-corrected chi connectivity index (χ1v) is 8.02. The van der Waals surface area contributed by atoms with Gasteiger partial charge in [-0.15, -0.1) is 0 Å². The van der Waals surface area contributed by atoms with Gasteiger partial charge in [-0.25, -0.2) is 0 Å². The van der Waals surface area contributed by atoms with Crippen molar-refractivity contribution in [1.29, 1.82) is 0 Å². The van der Waals surface area contributed by atoms with E-state index in [4.69, 9.17) is 5.11 Å². The molecule has 112 valence electrons. The first-order chi connectivity index (χ1) is 9.24. The maximum Gasteiger partial charge on any atom is 0.0558 e. The first kappa shape index (κ1) is 15.2. The fourth-order valence-corrected chi connectivity index (χ4v) is 3.70. The molecule has 2 saturated heterocycles. The van der Waals surface area contributed by atoms with Gasteiger partial charge in [-0.2, -0.15) is 0 Å². The molecule has 2 aliphatic rings. The van der Waals surface area contributed by atoms with Crippen molar-refractivity contribution in [3.8, 4) is 0 Å². The molecule has 2 rings (SSSR count). The summed E-state index contributed by atoms with van der Waals surface area (Å²) in [4.78, 5) is 7.62. The van der Waals surface area contributed by atoms with Gasteiger partial charge >= 0.3 is 0 Å². The summed E-state index contributed by atoms with van der Waals surface area (Å²) in [6.45, 7) is 9.63. The molecule has 0 spiro atoms. The molecule has 1 unspecified atom stereocenters. The summed E-state index contributed by atoms with van der Waals surface area (Å²) >= 11 is 0. The summed E-state index contributed by atoms with van der Waals surface area (Å²) in [5, 5.41) is 9.01. The highest BCUT2D eigenvalue weighted by atomic mass is 16.3. The second-order valence-electron chi connectivity index (χ2n) is 6.16. The van der Waals surface area contributed by atoms with Gasteiger partial charge in [0.05, 0.1) is 6.61 Å². The van der Waals surface area contributed by atoms with Crippen LogP contribution in [0.3, 0.4) is 0 Å². The molecule has 0 aromatic rings. The van der Waals surface area contributed by atoms with E-state index in [1.54, 1.807) is 0 Å². The van der Waals surface area contributed by atoms with Crippen LogP contribution in [0.15, 0.2) is 0 Å². The summed E-state index contributed by atoms with van der Waals surface area (Å²) < 4.78 is 0. The van der Waals surface area contributed by atoms with Crippen LogP contribution in [0.1, 0.15) is 32.6 Å². The van der Waals surface area contributed by atoms with E-state index in [0.717, 1.165) is 12.6 Å². The maximum atomic E-state index is 9.01. The topological polar surface area (TPSA) is 30.0 Å². The van der Waals surface area contributed by atoms with Gasteiger partial charge in [0.2, 0.25) is 0 Å². The summed E-state index contributed by atoms with van der Waals surface area (Å²) in [7, 11) is 2.15. The zero-order valence-electron chi connectivity index (χ0n) is 12.7. The van der Waals surface area contributed by atoms with E-state index in [0.29, 0.717) is 6.04 Å². The Hall–Kier alpha value is -0.160. The molecule has 1 N–H and O–H groups in total. The minimum absolute atomic E-state index is 0.282. The quantitative estimate of drug-likeness (QED) is 0.774. The van der Waals surface area contributed by atoms with Crippen molar-refractivity contribution in [3.63, 3.8) is 0 Å². The van der Waals surface area contributed by atoms with Crippen LogP contribution in [-0.4, -0.2) is 84.8 Å². The minimum Gasteiger partial charge on any atom is -0.395 e. The van der Waals surface area contributed by atoms with Gasteiger partial charge in [0.1, 0.15) is 0 Å². The molecule has 0 amide bonds. The Balaban J connectivity index is 1.71. The van der Waals surface area contributed by atoms with Crippen LogP contribution < -0.4 is 0 Å². The number of hydrogen-bond donors (Lipinski definition) is 1. The van der Waals surface area contributed by atoms with E-state index in [9.17, 15) is 0 Å². The van der Waals surface area contributed by atoms with Crippen molar-refractivity contribution in [2.24, 2.45) is 0 Å². The Morgan fingerprint density at radius 1 is 1.16 bits per heavy atom. The van der Waals surface area contributed by atoms with Crippen molar-refractivity contribution in [3.05, 3.63) is 0 Å². The summed E-state index contributed by atoms with van der Waals surface area (Å²) in [6, 6.07) is 1.48. The zero-order valence-corrected chi connectivity index (χ0v) is 12.7. The highest BCUT2D eigenvalue weighted by Gasteiger charge is 2.28. The number of likely N-dealkylation sites (N-methyl/N-ethyl adjacent to an activating group) is 2. The predicted octanol–water partition coefficient (Wildman–Crippen LogP) is 0.859. The molecule has 0 aliphatic carbocycles. The van der Waals surface area contributed by atoms with Gasteiger partial charge in [0, 0.05) is 25.2 Å². The second-order valence-corrected chi connectivity index (χ2v) is 6.16. The van der Waals surface area contributed by atoms with E-state index in [1.807, 2.05) is 0 Å². The van der Waals surface area contributed by atoms with Crippen molar-refractivity contribution < 1.29 is 5.11 Å². The van der Waals surface area contributed by atoms with Crippen molar-refractivity contribution in [2.45, 2.75) is 44.7 Å².